The molecule has 19 heavy (non-hydrogen) atoms. The summed E-state index contributed by atoms with van der Waals surface area (Å²) < 4.78 is 5.43. The Balaban J connectivity index is 2.45. The normalized spacial score (nSPS) is 15.1. The van der Waals surface area contributed by atoms with Crippen molar-refractivity contribution in [1.29, 1.82) is 0 Å². The number of benzene rings is 1. The van der Waals surface area contributed by atoms with E-state index in [0.717, 1.165) is 30.8 Å². The van der Waals surface area contributed by atoms with Crippen LogP contribution in [0.5, 0.6) is 5.75 Å². The summed E-state index contributed by atoms with van der Waals surface area (Å²) >= 11 is 0. The molecule has 1 aliphatic heterocycles. The van der Waals surface area contributed by atoms with E-state index in [1.807, 2.05) is 37.9 Å². The van der Waals surface area contributed by atoms with E-state index in [-0.39, 0.29) is 5.91 Å². The monoisotopic (exact) mass is 262 g/mol. The van der Waals surface area contributed by atoms with Gasteiger partial charge in [0.05, 0.1) is 18.3 Å². The summed E-state index contributed by atoms with van der Waals surface area (Å²) in [6.45, 7) is 4.55. The average molecular weight is 262 g/mol. The lowest BCUT2D eigenvalue weighted by Crippen LogP contribution is -2.54. The molecule has 0 aromatic heterocycles. The van der Waals surface area contributed by atoms with Gasteiger partial charge in [-0.25, -0.2) is 0 Å². The molecule has 0 radical (unpaired) electrons. The molecule has 0 bridgehead atoms. The third-order valence-electron chi connectivity index (χ3n) is 3.81. The molecule has 0 aliphatic carbocycles. The molecular weight excluding hydrogens is 240 g/mol. The van der Waals surface area contributed by atoms with Crippen LogP contribution in [0.25, 0.3) is 0 Å². The number of fused-ring (bicyclic) bond motifs is 1. The molecule has 0 atom stereocenters. The molecule has 0 saturated carbocycles. The molecule has 0 spiro atoms. The van der Waals surface area contributed by atoms with Gasteiger partial charge in [0.1, 0.15) is 5.75 Å². The van der Waals surface area contributed by atoms with Crippen molar-refractivity contribution in [3.05, 3.63) is 23.8 Å². The highest BCUT2D eigenvalue weighted by atomic mass is 16.5. The first kappa shape index (κ1) is 13.9. The summed E-state index contributed by atoms with van der Waals surface area (Å²) in [5.41, 5.74) is 1.55. The van der Waals surface area contributed by atoms with Gasteiger partial charge < -0.3 is 15.0 Å². The highest BCUT2D eigenvalue weighted by molar-refractivity contribution is 6.01. The van der Waals surface area contributed by atoms with Gasteiger partial charge in [0.15, 0.2) is 0 Å². The molecule has 1 aromatic carbocycles. The van der Waals surface area contributed by atoms with Crippen LogP contribution in [0.4, 0.5) is 5.69 Å². The Morgan fingerprint density at radius 3 is 2.79 bits per heavy atom. The Morgan fingerprint density at radius 1 is 1.42 bits per heavy atom. The molecule has 1 heterocycles. The van der Waals surface area contributed by atoms with Crippen molar-refractivity contribution in [2.45, 2.75) is 32.2 Å². The number of hydrogen-bond acceptors (Lipinski definition) is 3. The van der Waals surface area contributed by atoms with E-state index in [9.17, 15) is 4.79 Å². The van der Waals surface area contributed by atoms with Gasteiger partial charge in [0.2, 0.25) is 5.91 Å². The van der Waals surface area contributed by atoms with Crippen molar-refractivity contribution >= 4 is 11.6 Å². The van der Waals surface area contributed by atoms with Gasteiger partial charge in [-0.1, -0.05) is 12.1 Å². The number of hydrogen-bond donors (Lipinski definition) is 1. The number of nitrogens with zero attached hydrogens (tertiary/aromatic N) is 1. The van der Waals surface area contributed by atoms with E-state index in [2.05, 4.69) is 11.4 Å². The summed E-state index contributed by atoms with van der Waals surface area (Å²) in [6, 6.07) is 5.97. The number of rotatable bonds is 3. The Bertz CT molecular complexity index is 469. The van der Waals surface area contributed by atoms with Crippen LogP contribution >= 0.6 is 0 Å². The van der Waals surface area contributed by atoms with Gasteiger partial charge in [0, 0.05) is 6.54 Å². The second kappa shape index (κ2) is 5.21. The van der Waals surface area contributed by atoms with Crippen molar-refractivity contribution < 1.29 is 9.53 Å². The maximum atomic E-state index is 12.7. The fraction of sp³-hybridized carbons (Fsp3) is 0.533. The molecule has 0 saturated heterocycles. The van der Waals surface area contributed by atoms with Crippen LogP contribution in [0.3, 0.4) is 0 Å². The fourth-order valence-corrected chi connectivity index (χ4v) is 2.43. The number of methoxy groups -OCH3 is 1. The average Bonchev–Trinajstić information content (AvgIpc) is 2.45. The summed E-state index contributed by atoms with van der Waals surface area (Å²) in [6.07, 6.45) is 1.99. The zero-order valence-corrected chi connectivity index (χ0v) is 12.1. The van der Waals surface area contributed by atoms with Gasteiger partial charge in [-0.3, -0.25) is 4.79 Å². The first-order valence-corrected chi connectivity index (χ1v) is 6.68. The van der Waals surface area contributed by atoms with Crippen LogP contribution in [-0.2, 0) is 11.2 Å². The molecule has 4 nitrogen and oxygen atoms in total. The van der Waals surface area contributed by atoms with Crippen molar-refractivity contribution in [3.8, 4) is 5.75 Å². The predicted octanol–water partition coefficient (Wildman–Crippen LogP) is 1.97. The minimum Gasteiger partial charge on any atom is -0.495 e. The number of anilines is 1. The van der Waals surface area contributed by atoms with E-state index < -0.39 is 5.54 Å². The van der Waals surface area contributed by atoms with Crippen molar-refractivity contribution in [2.24, 2.45) is 0 Å². The lowest BCUT2D eigenvalue weighted by atomic mass is 9.97. The third kappa shape index (κ3) is 2.45. The molecule has 1 N–H and O–H groups in total. The lowest BCUT2D eigenvalue weighted by molar-refractivity contribution is -0.123. The molecule has 2 rings (SSSR count). The number of carbonyl (C=O) groups is 1. The second-order valence-corrected chi connectivity index (χ2v) is 5.40. The van der Waals surface area contributed by atoms with E-state index >= 15 is 0 Å². The number of aryl methyl sites for hydroxylation is 1. The largest absolute Gasteiger partial charge is 0.495 e. The van der Waals surface area contributed by atoms with Gasteiger partial charge in [-0.05, 0) is 45.4 Å². The Hall–Kier alpha value is -1.55. The Labute approximate surface area is 114 Å². The second-order valence-electron chi connectivity index (χ2n) is 5.40. The molecule has 1 aliphatic rings. The molecule has 1 aromatic rings. The molecule has 0 fully saturated rings. The lowest BCUT2D eigenvalue weighted by Gasteiger charge is -2.36. The number of para-hydroxylation sites is 1. The van der Waals surface area contributed by atoms with Gasteiger partial charge >= 0.3 is 0 Å². The van der Waals surface area contributed by atoms with E-state index in [0.29, 0.717) is 0 Å². The standard InChI is InChI=1S/C15H22N2O2/c1-15(2,16-3)14(18)17-10-6-8-11-7-5-9-12(19-4)13(11)17/h5,7,9,16H,6,8,10H2,1-4H3. The first-order valence-electron chi connectivity index (χ1n) is 6.68. The minimum absolute atomic E-state index is 0.0838. The highest BCUT2D eigenvalue weighted by Gasteiger charge is 2.34. The maximum absolute atomic E-state index is 12.7. The summed E-state index contributed by atoms with van der Waals surface area (Å²) in [4.78, 5) is 14.5. The summed E-state index contributed by atoms with van der Waals surface area (Å²) in [5.74, 6) is 0.859. The number of nitrogens with one attached hydrogen (secondary N) is 1. The van der Waals surface area contributed by atoms with Gasteiger partial charge in [-0.15, -0.1) is 0 Å². The van der Waals surface area contributed by atoms with Gasteiger partial charge in [0.25, 0.3) is 0 Å². The highest BCUT2D eigenvalue weighted by Crippen LogP contribution is 2.37. The van der Waals surface area contributed by atoms with Crippen molar-refractivity contribution in [2.75, 3.05) is 25.6 Å². The number of ether oxygens (including phenoxy) is 1. The molecule has 104 valence electrons. The molecule has 4 heteroatoms. The Kier molecular flexibility index (Phi) is 3.80. The SMILES string of the molecule is CNC(C)(C)C(=O)N1CCCc2cccc(OC)c21. The number of likely N-dealkylation sites (N-methyl/N-ethyl adjacent to an activating group) is 1. The zero-order chi connectivity index (χ0) is 14.0. The minimum atomic E-state index is -0.574. The summed E-state index contributed by atoms with van der Waals surface area (Å²) in [5, 5.41) is 3.07. The maximum Gasteiger partial charge on any atom is 0.246 e. The van der Waals surface area contributed by atoms with E-state index in [4.69, 9.17) is 4.74 Å². The van der Waals surface area contributed by atoms with Crippen LogP contribution in [0.15, 0.2) is 18.2 Å². The van der Waals surface area contributed by atoms with Crippen molar-refractivity contribution in [3.63, 3.8) is 0 Å². The first-order chi connectivity index (χ1) is 9.01. The molecule has 0 unspecified atom stereocenters. The smallest absolute Gasteiger partial charge is 0.246 e. The number of carbonyl (C=O) groups excluding carboxylic acids is 1. The zero-order valence-electron chi connectivity index (χ0n) is 12.1. The summed E-state index contributed by atoms with van der Waals surface area (Å²) in [7, 11) is 3.46. The molecule has 1 amide bonds. The Morgan fingerprint density at radius 2 is 2.16 bits per heavy atom. The fourth-order valence-electron chi connectivity index (χ4n) is 2.43. The van der Waals surface area contributed by atoms with Crippen LogP contribution in [0, 0.1) is 0 Å². The van der Waals surface area contributed by atoms with Crippen LogP contribution in [-0.4, -0.2) is 32.1 Å². The topological polar surface area (TPSA) is 41.6 Å². The third-order valence-corrected chi connectivity index (χ3v) is 3.81. The molecular formula is C15H22N2O2. The van der Waals surface area contributed by atoms with E-state index in [1.165, 1.54) is 5.56 Å². The van der Waals surface area contributed by atoms with Crippen LogP contribution < -0.4 is 15.0 Å². The van der Waals surface area contributed by atoms with Crippen molar-refractivity contribution in [1.82, 2.24) is 5.32 Å². The predicted molar refractivity (Wildman–Crippen MR) is 76.8 cm³/mol. The quantitative estimate of drug-likeness (QED) is 0.905. The van der Waals surface area contributed by atoms with Crippen LogP contribution in [0.1, 0.15) is 25.8 Å². The number of amides is 1. The van der Waals surface area contributed by atoms with Crippen LogP contribution in [0.2, 0.25) is 0 Å². The van der Waals surface area contributed by atoms with Gasteiger partial charge in [-0.2, -0.15) is 0 Å². The van der Waals surface area contributed by atoms with E-state index in [1.54, 1.807) is 7.11 Å².